The highest BCUT2D eigenvalue weighted by Gasteiger charge is 2.33. The first-order valence-corrected chi connectivity index (χ1v) is 11.7. The Morgan fingerprint density at radius 2 is 1.70 bits per heavy atom. The monoisotopic (exact) mass is 437 g/mol. The van der Waals surface area contributed by atoms with Gasteiger partial charge in [-0.2, -0.15) is 0 Å². The van der Waals surface area contributed by atoms with E-state index in [9.17, 15) is 22.8 Å². The second-order valence-electron chi connectivity index (χ2n) is 7.83. The zero-order valence-corrected chi connectivity index (χ0v) is 18.4. The maximum Gasteiger partial charge on any atom is 0.338 e. The van der Waals surface area contributed by atoms with Crippen LogP contribution >= 0.6 is 0 Å². The number of hydrogen-bond donors (Lipinski definition) is 0. The van der Waals surface area contributed by atoms with Gasteiger partial charge < -0.3 is 14.5 Å². The molecule has 2 amide bonds. The molecular formula is C20H27N3O6S. The van der Waals surface area contributed by atoms with Crippen molar-refractivity contribution in [1.82, 2.24) is 9.80 Å². The quantitative estimate of drug-likeness (QED) is 0.640. The molecule has 0 saturated carbocycles. The number of esters is 1. The molecule has 2 heterocycles. The minimum absolute atomic E-state index is 0.0260. The van der Waals surface area contributed by atoms with Gasteiger partial charge in [0.25, 0.3) is 5.91 Å². The largest absolute Gasteiger partial charge is 0.449 e. The number of amides is 2. The van der Waals surface area contributed by atoms with Gasteiger partial charge in [0.05, 0.1) is 17.5 Å². The van der Waals surface area contributed by atoms with Crippen molar-refractivity contribution in [2.75, 3.05) is 36.7 Å². The standard InChI is InChI=1S/C20H27N3O6S/c1-13-11-17-12-16(5-6-18(17)23(13)30(4,27)28)20(26)29-14(2)19(25)22-9-7-21(8-10-22)15(3)24/h5-6,12-14H,7-11H2,1-4H3. The van der Waals surface area contributed by atoms with E-state index in [2.05, 4.69) is 0 Å². The first kappa shape index (κ1) is 22.1. The topological polar surface area (TPSA) is 104 Å². The Balaban J connectivity index is 1.65. The van der Waals surface area contributed by atoms with Crippen LogP contribution in [0.5, 0.6) is 0 Å². The van der Waals surface area contributed by atoms with Gasteiger partial charge in [-0.25, -0.2) is 13.2 Å². The van der Waals surface area contributed by atoms with Gasteiger partial charge in [0, 0.05) is 39.1 Å². The molecule has 0 aliphatic carbocycles. The lowest BCUT2D eigenvalue weighted by Gasteiger charge is -2.35. The summed E-state index contributed by atoms with van der Waals surface area (Å²) in [4.78, 5) is 39.8. The Bertz CT molecular complexity index is 969. The fourth-order valence-electron chi connectivity index (χ4n) is 4.01. The van der Waals surface area contributed by atoms with E-state index in [0.29, 0.717) is 38.3 Å². The molecule has 0 spiro atoms. The van der Waals surface area contributed by atoms with Crippen LogP contribution in [0.2, 0.25) is 0 Å². The van der Waals surface area contributed by atoms with Crippen LogP contribution in [0.1, 0.15) is 36.7 Å². The number of carbonyl (C=O) groups is 3. The predicted octanol–water partition coefficient (Wildman–Crippen LogP) is 0.633. The van der Waals surface area contributed by atoms with E-state index in [1.54, 1.807) is 21.9 Å². The molecule has 0 N–H and O–H groups in total. The average Bonchev–Trinajstić information content (AvgIpc) is 3.02. The molecule has 2 atom stereocenters. The minimum atomic E-state index is -3.41. The molecule has 0 radical (unpaired) electrons. The zero-order chi connectivity index (χ0) is 22.2. The maximum atomic E-state index is 12.6. The zero-order valence-electron chi connectivity index (χ0n) is 17.6. The number of sulfonamides is 1. The van der Waals surface area contributed by atoms with Crippen molar-refractivity contribution in [2.24, 2.45) is 0 Å². The molecule has 1 aromatic rings. The van der Waals surface area contributed by atoms with Gasteiger partial charge in [0.1, 0.15) is 0 Å². The average molecular weight is 438 g/mol. The van der Waals surface area contributed by atoms with Crippen molar-refractivity contribution >= 4 is 33.5 Å². The normalized spacial score (nSPS) is 20.0. The number of piperazine rings is 1. The first-order chi connectivity index (χ1) is 14.0. The van der Waals surface area contributed by atoms with Crippen LogP contribution in [-0.4, -0.2) is 80.6 Å². The van der Waals surface area contributed by atoms with Crippen molar-refractivity contribution in [3.63, 3.8) is 0 Å². The molecule has 2 aliphatic rings. The smallest absolute Gasteiger partial charge is 0.338 e. The van der Waals surface area contributed by atoms with E-state index in [4.69, 9.17) is 4.74 Å². The predicted molar refractivity (Wildman–Crippen MR) is 111 cm³/mol. The lowest BCUT2D eigenvalue weighted by Crippen LogP contribution is -2.52. The third kappa shape index (κ3) is 4.43. The number of hydrogen-bond acceptors (Lipinski definition) is 6. The van der Waals surface area contributed by atoms with E-state index in [1.165, 1.54) is 24.2 Å². The van der Waals surface area contributed by atoms with Crippen LogP contribution in [0.4, 0.5) is 5.69 Å². The van der Waals surface area contributed by atoms with Gasteiger partial charge in [-0.3, -0.25) is 13.9 Å². The molecule has 10 heteroatoms. The van der Waals surface area contributed by atoms with Crippen LogP contribution in [0.15, 0.2) is 18.2 Å². The lowest BCUT2D eigenvalue weighted by molar-refractivity contribution is -0.144. The second-order valence-corrected chi connectivity index (χ2v) is 9.69. The summed E-state index contributed by atoms with van der Waals surface area (Å²) in [6.07, 6.45) is 0.698. The van der Waals surface area contributed by atoms with Crippen molar-refractivity contribution in [2.45, 2.75) is 39.3 Å². The molecule has 1 saturated heterocycles. The number of anilines is 1. The third-order valence-corrected chi connectivity index (χ3v) is 6.77. The highest BCUT2D eigenvalue weighted by Crippen LogP contribution is 2.34. The number of benzene rings is 1. The molecule has 2 unspecified atom stereocenters. The fourth-order valence-corrected chi connectivity index (χ4v) is 5.28. The summed E-state index contributed by atoms with van der Waals surface area (Å²) in [6, 6.07) is 4.52. The summed E-state index contributed by atoms with van der Waals surface area (Å²) in [5.41, 5.74) is 1.59. The van der Waals surface area contributed by atoms with E-state index < -0.39 is 22.1 Å². The SMILES string of the molecule is CC(=O)N1CCN(C(=O)C(C)OC(=O)c2ccc3c(c2)CC(C)N3S(C)(=O)=O)CC1. The molecule has 1 aromatic carbocycles. The van der Waals surface area contributed by atoms with E-state index >= 15 is 0 Å². The third-order valence-electron chi connectivity index (χ3n) is 5.49. The highest BCUT2D eigenvalue weighted by molar-refractivity contribution is 7.92. The van der Waals surface area contributed by atoms with E-state index in [-0.39, 0.29) is 23.4 Å². The van der Waals surface area contributed by atoms with E-state index in [0.717, 1.165) is 11.8 Å². The lowest BCUT2D eigenvalue weighted by atomic mass is 10.1. The Morgan fingerprint density at radius 3 is 2.27 bits per heavy atom. The Kier molecular flexibility index (Phi) is 6.07. The maximum absolute atomic E-state index is 12.6. The number of nitrogens with zero attached hydrogens (tertiary/aromatic N) is 3. The van der Waals surface area contributed by atoms with Crippen LogP contribution < -0.4 is 4.31 Å². The molecule has 0 aromatic heterocycles. The summed E-state index contributed by atoms with van der Waals surface area (Å²) in [5.74, 6) is -0.960. The van der Waals surface area contributed by atoms with Gasteiger partial charge in [-0.15, -0.1) is 0 Å². The number of rotatable bonds is 4. The van der Waals surface area contributed by atoms with Crippen molar-refractivity contribution in [3.05, 3.63) is 29.3 Å². The molecule has 2 aliphatic heterocycles. The molecule has 30 heavy (non-hydrogen) atoms. The Hall–Kier alpha value is -2.62. The van der Waals surface area contributed by atoms with Gasteiger partial charge in [-0.05, 0) is 44.0 Å². The summed E-state index contributed by atoms with van der Waals surface area (Å²) in [6.45, 7) is 6.55. The van der Waals surface area contributed by atoms with Crippen LogP contribution in [-0.2, 0) is 30.8 Å². The van der Waals surface area contributed by atoms with Crippen LogP contribution in [0.25, 0.3) is 0 Å². The molecule has 9 nitrogen and oxygen atoms in total. The van der Waals surface area contributed by atoms with Crippen molar-refractivity contribution in [3.8, 4) is 0 Å². The number of carbonyl (C=O) groups excluding carboxylic acids is 3. The number of fused-ring (bicyclic) bond motifs is 1. The summed E-state index contributed by atoms with van der Waals surface area (Å²) in [7, 11) is -3.41. The molecule has 0 bridgehead atoms. The molecule has 1 fully saturated rings. The first-order valence-electron chi connectivity index (χ1n) is 9.86. The highest BCUT2D eigenvalue weighted by atomic mass is 32.2. The van der Waals surface area contributed by atoms with Gasteiger partial charge in [0.15, 0.2) is 6.10 Å². The minimum Gasteiger partial charge on any atom is -0.449 e. The number of ether oxygens (including phenoxy) is 1. The van der Waals surface area contributed by atoms with Crippen LogP contribution in [0.3, 0.4) is 0 Å². The Labute approximate surface area is 176 Å². The fraction of sp³-hybridized carbons (Fsp3) is 0.550. The van der Waals surface area contributed by atoms with E-state index in [1.807, 2.05) is 6.92 Å². The summed E-state index contributed by atoms with van der Waals surface area (Å²) < 4.78 is 30.8. The molecule has 3 rings (SSSR count). The summed E-state index contributed by atoms with van der Waals surface area (Å²) in [5, 5.41) is 0. The van der Waals surface area contributed by atoms with Crippen LogP contribution in [0, 0.1) is 0 Å². The van der Waals surface area contributed by atoms with Crippen molar-refractivity contribution < 1.29 is 27.5 Å². The van der Waals surface area contributed by atoms with Crippen molar-refractivity contribution in [1.29, 1.82) is 0 Å². The van der Waals surface area contributed by atoms with Gasteiger partial charge in [-0.1, -0.05) is 0 Å². The van der Waals surface area contributed by atoms with Gasteiger partial charge >= 0.3 is 5.97 Å². The second kappa shape index (κ2) is 8.25. The van der Waals surface area contributed by atoms with Gasteiger partial charge in [0.2, 0.25) is 15.9 Å². The molecule has 164 valence electrons. The Morgan fingerprint density at radius 1 is 1.10 bits per heavy atom. The summed E-state index contributed by atoms with van der Waals surface area (Å²) >= 11 is 0. The molecular weight excluding hydrogens is 410 g/mol.